The van der Waals surface area contributed by atoms with Crippen molar-refractivity contribution in [2.45, 2.75) is 90.3 Å². The summed E-state index contributed by atoms with van der Waals surface area (Å²) in [5.41, 5.74) is 1.90. The van der Waals surface area contributed by atoms with Gasteiger partial charge in [-0.1, -0.05) is 84.2 Å². The number of Topliss-reactive ketones (excluding diaryl/α,β-unsaturated/α-hetero) is 1. The number of nitrogens with two attached hydrogens (primary N) is 1. The smallest absolute Gasteiger partial charge is 0.316 e. The number of rotatable bonds is 9. The maximum absolute atomic E-state index is 16.1. The molecule has 43 heavy (non-hydrogen) atoms. The molecule has 0 radical (unpaired) electrons. The minimum Gasteiger partial charge on any atom is -0.363 e. The molecule has 3 fully saturated rings. The molecule has 1 aromatic carbocycles. The van der Waals surface area contributed by atoms with E-state index in [9.17, 15) is 24.0 Å². The lowest BCUT2D eigenvalue weighted by molar-refractivity contribution is -0.144. The number of nitrogens with zero attached hydrogens (tertiary/aromatic N) is 1. The maximum atomic E-state index is 16.1. The van der Waals surface area contributed by atoms with Crippen molar-refractivity contribution in [1.29, 1.82) is 0 Å². The number of hydrogen-bond donors (Lipinski definition) is 4. The second kappa shape index (κ2) is 11.5. The molecule has 1 heterocycles. The van der Waals surface area contributed by atoms with Gasteiger partial charge in [0.05, 0.1) is 6.54 Å². The van der Waals surface area contributed by atoms with Crippen LogP contribution in [0.1, 0.15) is 72.3 Å². The Kier molecular flexibility index (Phi) is 8.65. The molecule has 0 bridgehead atoms. The number of likely N-dealkylation sites (tertiary alicyclic amines) is 1. The molecule has 1 aromatic rings. The van der Waals surface area contributed by atoms with Gasteiger partial charge in [-0.25, -0.2) is 4.79 Å². The van der Waals surface area contributed by atoms with Crippen molar-refractivity contribution >= 4 is 29.5 Å². The first-order valence-corrected chi connectivity index (χ1v) is 14.9. The summed E-state index contributed by atoms with van der Waals surface area (Å²) in [4.78, 5) is 65.1. The molecule has 5 N–H and O–H groups in total. The summed E-state index contributed by atoms with van der Waals surface area (Å²) in [5.74, 6) is -6.80. The monoisotopic (exact) mass is 603 g/mol. The van der Waals surface area contributed by atoms with Gasteiger partial charge in [0.25, 0.3) is 11.8 Å². The topological polar surface area (TPSA) is 151 Å². The highest BCUT2D eigenvalue weighted by Gasteiger charge is 2.69. The number of piperidine rings is 1. The number of carbonyl (C=O) groups excluding carboxylic acids is 5. The number of nitrogens with one attached hydrogen (secondary N) is 3. The highest BCUT2D eigenvalue weighted by molar-refractivity contribution is 6.36. The van der Waals surface area contributed by atoms with Gasteiger partial charge in [0.1, 0.15) is 17.6 Å². The Labute approximate surface area is 250 Å². The Morgan fingerprint density at radius 2 is 1.63 bits per heavy atom. The van der Waals surface area contributed by atoms with E-state index in [0.717, 1.165) is 6.42 Å². The Bertz CT molecular complexity index is 1270. The number of urea groups is 1. The molecule has 2 aliphatic carbocycles. The van der Waals surface area contributed by atoms with Crippen LogP contribution in [0.3, 0.4) is 0 Å². The molecule has 4 atom stereocenters. The molecule has 0 spiro atoms. The second-order valence-electron chi connectivity index (χ2n) is 13.9. The van der Waals surface area contributed by atoms with Crippen LogP contribution in [0.15, 0.2) is 30.3 Å². The van der Waals surface area contributed by atoms with Crippen LogP contribution in [0.25, 0.3) is 0 Å². The van der Waals surface area contributed by atoms with E-state index >= 15 is 8.78 Å². The van der Waals surface area contributed by atoms with Crippen molar-refractivity contribution in [2.75, 3.05) is 13.1 Å². The van der Waals surface area contributed by atoms with E-state index < -0.39 is 65.0 Å². The predicted octanol–water partition coefficient (Wildman–Crippen LogP) is 2.85. The summed E-state index contributed by atoms with van der Waals surface area (Å²) < 4.78 is 32.1. The van der Waals surface area contributed by atoms with E-state index in [0.29, 0.717) is 12.8 Å². The van der Waals surface area contributed by atoms with Crippen molar-refractivity contribution in [3.05, 3.63) is 35.9 Å². The van der Waals surface area contributed by atoms with Crippen LogP contribution in [0.5, 0.6) is 0 Å². The van der Waals surface area contributed by atoms with Crippen molar-refractivity contribution in [2.24, 2.45) is 28.4 Å². The quantitative estimate of drug-likeness (QED) is 0.320. The number of ketones is 1. The lowest BCUT2D eigenvalue weighted by atomic mass is 9.74. The van der Waals surface area contributed by atoms with Crippen LogP contribution in [-0.2, 0) is 25.1 Å². The molecule has 10 nitrogen and oxygen atoms in total. The predicted molar refractivity (Wildman–Crippen MR) is 155 cm³/mol. The molecule has 2 saturated carbocycles. The molecule has 5 amide bonds. The number of alkyl halides is 2. The fraction of sp³-hybridized carbons (Fsp3) is 0.645. The number of fused-ring (bicyclic) bond motifs is 1. The molecule has 3 aliphatic rings. The summed E-state index contributed by atoms with van der Waals surface area (Å²) in [6.45, 7) is 8.87. The van der Waals surface area contributed by atoms with Gasteiger partial charge in [-0.05, 0) is 35.5 Å². The van der Waals surface area contributed by atoms with Gasteiger partial charge in [0, 0.05) is 12.1 Å². The zero-order chi connectivity index (χ0) is 32.0. The molecular weight excluding hydrogens is 560 g/mol. The third-order valence-corrected chi connectivity index (χ3v) is 9.64. The number of carbonyl (C=O) groups is 5. The Hall–Kier alpha value is -3.57. The average Bonchev–Trinajstić information content (AvgIpc) is 3.26. The zero-order valence-corrected chi connectivity index (χ0v) is 25.5. The van der Waals surface area contributed by atoms with Gasteiger partial charge < -0.3 is 26.6 Å². The normalized spacial score (nSPS) is 24.7. The van der Waals surface area contributed by atoms with Crippen LogP contribution in [0, 0.1) is 22.7 Å². The molecule has 1 aliphatic heterocycles. The third-order valence-electron chi connectivity index (χ3n) is 9.64. The van der Waals surface area contributed by atoms with E-state index in [-0.39, 0.29) is 42.2 Å². The van der Waals surface area contributed by atoms with Crippen molar-refractivity contribution < 1.29 is 32.8 Å². The first kappa shape index (κ1) is 32.3. The largest absolute Gasteiger partial charge is 0.363 e. The summed E-state index contributed by atoms with van der Waals surface area (Å²) in [5, 5.41) is 7.71. The Morgan fingerprint density at radius 3 is 2.19 bits per heavy atom. The van der Waals surface area contributed by atoms with Gasteiger partial charge in [-0.15, -0.1) is 0 Å². The average molecular weight is 604 g/mol. The lowest BCUT2D eigenvalue weighted by Crippen LogP contribution is -2.65. The number of hydrogen-bond acceptors (Lipinski definition) is 5. The Morgan fingerprint density at radius 1 is 1.02 bits per heavy atom. The summed E-state index contributed by atoms with van der Waals surface area (Å²) in [6, 6.07) is 4.44. The minimum absolute atomic E-state index is 0.0172. The number of primary amides is 1. The third kappa shape index (κ3) is 6.10. The van der Waals surface area contributed by atoms with Crippen molar-refractivity contribution in [3.8, 4) is 0 Å². The van der Waals surface area contributed by atoms with Crippen molar-refractivity contribution in [1.82, 2.24) is 20.9 Å². The van der Waals surface area contributed by atoms with E-state index in [1.54, 1.807) is 26.8 Å². The molecule has 0 aromatic heterocycles. The van der Waals surface area contributed by atoms with Crippen LogP contribution >= 0.6 is 0 Å². The summed E-state index contributed by atoms with van der Waals surface area (Å²) >= 11 is 0. The lowest BCUT2D eigenvalue weighted by Gasteiger charge is -2.44. The fourth-order valence-corrected chi connectivity index (χ4v) is 6.97. The SMILES string of the molecule is CC(C)(C)[C@H](NC(=O)NC1(C(F)(F)c2ccccc2)CCCCC1)C(=O)N1CC2[C@@H]([C@H]1C(=O)NCC(=O)C(N)=O)C2(C)C. The van der Waals surface area contributed by atoms with Gasteiger partial charge >= 0.3 is 6.03 Å². The van der Waals surface area contributed by atoms with Gasteiger partial charge in [-0.3, -0.25) is 19.2 Å². The first-order valence-electron chi connectivity index (χ1n) is 14.9. The maximum Gasteiger partial charge on any atom is 0.316 e. The minimum atomic E-state index is -3.36. The molecular formula is C31H43F2N5O5. The van der Waals surface area contributed by atoms with Crippen LogP contribution in [0.4, 0.5) is 13.6 Å². The van der Waals surface area contributed by atoms with E-state index in [4.69, 9.17) is 5.73 Å². The highest BCUT2D eigenvalue weighted by atomic mass is 19.3. The zero-order valence-electron chi connectivity index (χ0n) is 25.5. The van der Waals surface area contributed by atoms with Crippen LogP contribution in [0.2, 0.25) is 0 Å². The van der Waals surface area contributed by atoms with Crippen molar-refractivity contribution in [3.63, 3.8) is 0 Å². The summed E-state index contributed by atoms with van der Waals surface area (Å²) in [7, 11) is 0. The fourth-order valence-electron chi connectivity index (χ4n) is 6.97. The first-order chi connectivity index (χ1) is 19.9. The molecule has 1 unspecified atom stereocenters. The molecule has 1 saturated heterocycles. The van der Waals surface area contributed by atoms with Gasteiger partial charge in [0.15, 0.2) is 0 Å². The molecule has 12 heteroatoms. The van der Waals surface area contributed by atoms with Crippen LogP contribution < -0.4 is 21.7 Å². The number of halogens is 2. The van der Waals surface area contributed by atoms with E-state index in [1.807, 2.05) is 13.8 Å². The van der Waals surface area contributed by atoms with Gasteiger partial charge in [-0.2, -0.15) is 8.78 Å². The number of benzene rings is 1. The number of amides is 5. The van der Waals surface area contributed by atoms with Crippen LogP contribution in [-0.4, -0.2) is 65.1 Å². The Balaban J connectivity index is 1.56. The molecule has 4 rings (SSSR count). The van der Waals surface area contributed by atoms with E-state index in [2.05, 4.69) is 16.0 Å². The highest BCUT2D eigenvalue weighted by Crippen LogP contribution is 2.65. The van der Waals surface area contributed by atoms with Gasteiger partial charge in [0.2, 0.25) is 17.6 Å². The second-order valence-corrected chi connectivity index (χ2v) is 13.9. The standard InChI is InChI=1S/C31H43F2N5O5/c1-28(2,3)23(26(42)38-17-19-21(29(19,4)5)22(38)25(41)35-16-20(39)24(34)40)36-27(43)37-30(14-10-7-11-15-30)31(32,33)18-12-8-6-9-13-18/h6,8-9,12-13,19,21-23H,7,10-11,14-17H2,1-5H3,(H2,34,40)(H,35,41)(H2,36,37,43)/t19?,21-,22-,23+/m0/s1. The molecule has 236 valence electrons. The summed E-state index contributed by atoms with van der Waals surface area (Å²) in [6.07, 6.45) is 1.97. The van der Waals surface area contributed by atoms with E-state index in [1.165, 1.54) is 29.2 Å².